The highest BCUT2D eigenvalue weighted by Gasteiger charge is 2.28. The molecule has 6 heteroatoms. The van der Waals surface area contributed by atoms with Crippen LogP contribution in [0.25, 0.3) is 17.2 Å². The molecule has 0 saturated heterocycles. The van der Waals surface area contributed by atoms with Crippen LogP contribution in [0.3, 0.4) is 0 Å². The fourth-order valence-corrected chi connectivity index (χ4v) is 3.80. The molecule has 0 aliphatic heterocycles. The first-order valence-corrected chi connectivity index (χ1v) is 9.98. The fraction of sp³-hybridized carbons (Fsp3) is 0.160. The van der Waals surface area contributed by atoms with Gasteiger partial charge in [0.05, 0.1) is 0 Å². The van der Waals surface area contributed by atoms with E-state index in [4.69, 9.17) is 4.74 Å². The summed E-state index contributed by atoms with van der Waals surface area (Å²) in [5.74, 6) is -2.49. The summed E-state index contributed by atoms with van der Waals surface area (Å²) in [5, 5.41) is 12.3. The number of halogens is 2. The minimum atomic E-state index is -1.11. The minimum Gasteiger partial charge on any atom is -0.507 e. The van der Waals surface area contributed by atoms with Gasteiger partial charge in [-0.15, -0.1) is 0 Å². The maximum Gasteiger partial charge on any atom is 0.407 e. The number of aromatic hydroxyl groups is 1. The molecule has 0 radical (unpaired) electrons. The molecule has 0 spiro atoms. The molecule has 31 heavy (non-hydrogen) atoms. The van der Waals surface area contributed by atoms with E-state index in [1.54, 1.807) is 6.08 Å². The van der Waals surface area contributed by atoms with Gasteiger partial charge in [-0.2, -0.15) is 0 Å². The third kappa shape index (κ3) is 4.43. The lowest BCUT2D eigenvalue weighted by Gasteiger charge is -2.14. The van der Waals surface area contributed by atoms with E-state index in [9.17, 15) is 18.7 Å². The van der Waals surface area contributed by atoms with Gasteiger partial charge in [0.2, 0.25) is 0 Å². The molecule has 0 aromatic heterocycles. The first-order chi connectivity index (χ1) is 15.0. The monoisotopic (exact) mass is 421 g/mol. The average molecular weight is 421 g/mol. The van der Waals surface area contributed by atoms with Crippen molar-refractivity contribution in [2.75, 3.05) is 13.2 Å². The van der Waals surface area contributed by atoms with Crippen LogP contribution >= 0.6 is 0 Å². The van der Waals surface area contributed by atoms with Gasteiger partial charge >= 0.3 is 6.09 Å². The predicted octanol–water partition coefficient (Wildman–Crippen LogP) is 5.61. The largest absolute Gasteiger partial charge is 0.507 e. The fourth-order valence-electron chi connectivity index (χ4n) is 3.80. The summed E-state index contributed by atoms with van der Waals surface area (Å²) in [6.07, 6.45) is 3.03. The summed E-state index contributed by atoms with van der Waals surface area (Å²) in [5.41, 5.74) is 4.78. The molecule has 0 fully saturated rings. The second-order valence-corrected chi connectivity index (χ2v) is 7.27. The van der Waals surface area contributed by atoms with Crippen molar-refractivity contribution < 1.29 is 23.4 Å². The molecule has 1 aliphatic rings. The van der Waals surface area contributed by atoms with E-state index < -0.39 is 17.7 Å². The molecule has 0 saturated carbocycles. The number of rotatable bonds is 6. The lowest BCUT2D eigenvalue weighted by Crippen LogP contribution is -2.26. The Morgan fingerprint density at radius 2 is 1.61 bits per heavy atom. The van der Waals surface area contributed by atoms with Gasteiger partial charge in [0, 0.05) is 24.1 Å². The first kappa shape index (κ1) is 20.6. The second-order valence-electron chi connectivity index (χ2n) is 7.27. The zero-order valence-corrected chi connectivity index (χ0v) is 16.6. The number of nitrogens with one attached hydrogen (secondary N) is 1. The Morgan fingerprint density at radius 1 is 1.00 bits per heavy atom. The number of benzene rings is 3. The highest BCUT2D eigenvalue weighted by atomic mass is 19.2. The lowest BCUT2D eigenvalue weighted by atomic mass is 9.98. The molecule has 158 valence electrons. The number of ether oxygens (including phenoxy) is 1. The van der Waals surface area contributed by atoms with Crippen LogP contribution in [-0.4, -0.2) is 24.4 Å². The van der Waals surface area contributed by atoms with Crippen molar-refractivity contribution in [2.24, 2.45) is 0 Å². The number of fused-ring (bicyclic) bond motifs is 3. The number of hydrogen-bond donors (Lipinski definition) is 2. The summed E-state index contributed by atoms with van der Waals surface area (Å²) >= 11 is 0. The number of amides is 1. The molecule has 3 aromatic rings. The van der Waals surface area contributed by atoms with Gasteiger partial charge in [-0.1, -0.05) is 60.7 Å². The highest BCUT2D eigenvalue weighted by Crippen LogP contribution is 2.44. The van der Waals surface area contributed by atoms with Crippen LogP contribution in [0.15, 0.2) is 66.7 Å². The molecule has 1 amide bonds. The van der Waals surface area contributed by atoms with Crippen molar-refractivity contribution in [3.05, 3.63) is 95.1 Å². The maximum atomic E-state index is 13.2. The topological polar surface area (TPSA) is 58.6 Å². The van der Waals surface area contributed by atoms with Crippen LogP contribution in [0.1, 0.15) is 29.0 Å². The molecule has 4 nitrogen and oxygen atoms in total. The van der Waals surface area contributed by atoms with Crippen molar-refractivity contribution in [1.82, 2.24) is 5.32 Å². The number of hydrogen-bond acceptors (Lipinski definition) is 3. The number of phenolic OH excluding ortho intramolecular Hbond substituents is 1. The molecular formula is C25H21F2NO3. The molecule has 0 bridgehead atoms. The Kier molecular flexibility index (Phi) is 5.98. The summed E-state index contributed by atoms with van der Waals surface area (Å²) in [6.45, 7) is 0.538. The molecule has 0 atom stereocenters. The van der Waals surface area contributed by atoms with Gasteiger partial charge in [-0.25, -0.2) is 13.6 Å². The van der Waals surface area contributed by atoms with Gasteiger partial charge in [0.1, 0.15) is 12.4 Å². The summed E-state index contributed by atoms with van der Waals surface area (Å²) in [4.78, 5) is 12.1. The predicted molar refractivity (Wildman–Crippen MR) is 115 cm³/mol. The van der Waals surface area contributed by atoms with Gasteiger partial charge in [-0.3, -0.25) is 0 Å². The molecular weight excluding hydrogens is 400 g/mol. The van der Waals surface area contributed by atoms with E-state index in [0.717, 1.165) is 34.4 Å². The quantitative estimate of drug-likeness (QED) is 0.509. The average Bonchev–Trinajstić information content (AvgIpc) is 3.09. The molecule has 2 N–H and O–H groups in total. The molecule has 3 aromatic carbocycles. The van der Waals surface area contributed by atoms with Crippen molar-refractivity contribution in [3.8, 4) is 16.9 Å². The van der Waals surface area contributed by atoms with Gasteiger partial charge < -0.3 is 15.2 Å². The van der Waals surface area contributed by atoms with Gasteiger partial charge in [-0.05, 0) is 34.7 Å². The van der Waals surface area contributed by atoms with E-state index in [2.05, 4.69) is 29.6 Å². The summed E-state index contributed by atoms with van der Waals surface area (Å²) in [7, 11) is 0. The summed E-state index contributed by atoms with van der Waals surface area (Å²) < 4.78 is 31.7. The zero-order chi connectivity index (χ0) is 21.8. The van der Waals surface area contributed by atoms with Crippen molar-refractivity contribution >= 4 is 12.2 Å². The Morgan fingerprint density at radius 3 is 2.29 bits per heavy atom. The number of phenols is 1. The minimum absolute atomic E-state index is 0.00519. The molecule has 0 heterocycles. The Bertz CT molecular complexity index is 1100. The van der Waals surface area contributed by atoms with Crippen LogP contribution in [0.4, 0.5) is 13.6 Å². The molecule has 1 aliphatic carbocycles. The number of alkyl carbamates (subject to hydrolysis) is 1. The number of carbonyl (C=O) groups excluding carboxylic acids is 1. The third-order valence-electron chi connectivity index (χ3n) is 5.29. The zero-order valence-electron chi connectivity index (χ0n) is 16.6. The maximum absolute atomic E-state index is 13.2. The van der Waals surface area contributed by atoms with Crippen molar-refractivity contribution in [2.45, 2.75) is 12.3 Å². The standard InChI is InChI=1S/C25H21F2NO3/c26-22-13-16(24(29)14-23(22)27)7-5-6-12-28-25(30)31-15-21-19-10-3-1-8-17(19)18-9-2-4-11-20(18)21/h1-5,7-11,13-14,21,29H,6,12,15H2,(H,28,30). The lowest BCUT2D eigenvalue weighted by molar-refractivity contribution is 0.143. The Hall–Kier alpha value is -3.67. The number of carbonyl (C=O) groups is 1. The third-order valence-corrected chi connectivity index (χ3v) is 5.29. The highest BCUT2D eigenvalue weighted by molar-refractivity contribution is 5.79. The van der Waals surface area contributed by atoms with Crippen molar-refractivity contribution in [1.29, 1.82) is 0 Å². The van der Waals surface area contributed by atoms with E-state index in [0.29, 0.717) is 13.0 Å². The summed E-state index contributed by atoms with van der Waals surface area (Å²) in [6, 6.07) is 17.9. The Labute approximate surface area is 178 Å². The smallest absolute Gasteiger partial charge is 0.407 e. The van der Waals surface area contributed by atoms with Gasteiger partial charge in [0.25, 0.3) is 0 Å². The first-order valence-electron chi connectivity index (χ1n) is 9.98. The SMILES string of the molecule is O=C(NCCC=Cc1cc(F)c(F)cc1O)OCC1c2ccccc2-c2ccccc21. The van der Waals surface area contributed by atoms with Crippen LogP contribution in [0.5, 0.6) is 5.75 Å². The van der Waals surface area contributed by atoms with Crippen LogP contribution in [-0.2, 0) is 4.74 Å². The van der Waals surface area contributed by atoms with Crippen LogP contribution in [0, 0.1) is 11.6 Å². The van der Waals surface area contributed by atoms with Crippen molar-refractivity contribution in [3.63, 3.8) is 0 Å². The molecule has 4 rings (SSSR count). The van der Waals surface area contributed by atoms with E-state index in [-0.39, 0.29) is 23.8 Å². The second kappa shape index (κ2) is 9.00. The van der Waals surface area contributed by atoms with E-state index in [1.165, 1.54) is 6.08 Å². The molecule has 0 unspecified atom stereocenters. The van der Waals surface area contributed by atoms with Gasteiger partial charge in [0.15, 0.2) is 11.6 Å². The van der Waals surface area contributed by atoms with E-state index >= 15 is 0 Å². The Balaban J connectivity index is 1.28. The normalized spacial score (nSPS) is 12.6. The van der Waals surface area contributed by atoms with Crippen LogP contribution < -0.4 is 5.32 Å². The van der Waals surface area contributed by atoms with Crippen LogP contribution in [0.2, 0.25) is 0 Å². The van der Waals surface area contributed by atoms with E-state index in [1.807, 2.05) is 24.3 Å².